The van der Waals surface area contributed by atoms with E-state index in [1.54, 1.807) is 45.0 Å². The third-order valence-corrected chi connectivity index (χ3v) is 6.01. The van der Waals surface area contributed by atoms with Gasteiger partial charge in [-0.3, -0.25) is 9.10 Å². The maximum atomic E-state index is 13.0. The van der Waals surface area contributed by atoms with Gasteiger partial charge in [0.25, 0.3) is 0 Å². The Morgan fingerprint density at radius 3 is 2.40 bits per heavy atom. The topological polar surface area (TPSA) is 92.8 Å². The van der Waals surface area contributed by atoms with Gasteiger partial charge in [-0.25, -0.2) is 13.2 Å². The van der Waals surface area contributed by atoms with E-state index in [0.717, 1.165) is 21.7 Å². The van der Waals surface area contributed by atoms with Crippen molar-refractivity contribution in [2.24, 2.45) is 0 Å². The van der Waals surface area contributed by atoms with Crippen LogP contribution in [0.25, 0.3) is 0 Å². The molecule has 0 aliphatic carbocycles. The first-order valence-corrected chi connectivity index (χ1v) is 11.5. The van der Waals surface area contributed by atoms with Crippen LogP contribution in [0.5, 0.6) is 0 Å². The molecule has 0 saturated carbocycles. The third kappa shape index (κ3) is 5.18. The molecular weight excluding hydrogens is 404 g/mol. The van der Waals surface area contributed by atoms with E-state index in [0.29, 0.717) is 22.5 Å². The second-order valence-corrected chi connectivity index (χ2v) is 9.07. The summed E-state index contributed by atoms with van der Waals surface area (Å²) >= 11 is 0. The standard InChI is InChI=1S/C22H28N2O5S/c1-7-29-22(26)18-9-8-10-19(16(18)4)23-21(25)17(5)24(30(6,27)28)20-13-14(2)11-12-15(20)3/h8-13,17H,7H2,1-6H3,(H,23,25)/t17-/m0/s1. The largest absolute Gasteiger partial charge is 0.462 e. The quantitative estimate of drug-likeness (QED) is 0.675. The Kier molecular flexibility index (Phi) is 7.25. The minimum Gasteiger partial charge on any atom is -0.462 e. The number of rotatable bonds is 7. The van der Waals surface area contributed by atoms with E-state index in [-0.39, 0.29) is 6.61 Å². The van der Waals surface area contributed by atoms with Crippen LogP contribution < -0.4 is 9.62 Å². The Hall–Kier alpha value is -2.87. The van der Waals surface area contributed by atoms with E-state index in [4.69, 9.17) is 4.74 Å². The summed E-state index contributed by atoms with van der Waals surface area (Å²) in [5.74, 6) is -0.988. The van der Waals surface area contributed by atoms with Crippen molar-refractivity contribution < 1.29 is 22.7 Å². The number of aryl methyl sites for hydroxylation is 2. The van der Waals surface area contributed by atoms with Gasteiger partial charge >= 0.3 is 5.97 Å². The van der Waals surface area contributed by atoms with Crippen molar-refractivity contribution in [1.82, 2.24) is 0 Å². The Bertz CT molecular complexity index is 1060. The first-order chi connectivity index (χ1) is 14.0. The minimum atomic E-state index is -3.73. The highest BCUT2D eigenvalue weighted by atomic mass is 32.2. The number of amides is 1. The first-order valence-electron chi connectivity index (χ1n) is 9.61. The van der Waals surface area contributed by atoms with E-state index in [1.165, 1.54) is 6.92 Å². The molecule has 2 rings (SSSR count). The molecule has 7 nitrogen and oxygen atoms in total. The lowest BCUT2D eigenvalue weighted by Crippen LogP contribution is -2.45. The number of hydrogen-bond donors (Lipinski definition) is 1. The highest BCUT2D eigenvalue weighted by molar-refractivity contribution is 7.92. The maximum Gasteiger partial charge on any atom is 0.338 e. The van der Waals surface area contributed by atoms with Gasteiger partial charge in [-0.1, -0.05) is 18.2 Å². The molecular formula is C22H28N2O5S. The van der Waals surface area contributed by atoms with Crippen LogP contribution in [-0.2, 0) is 19.6 Å². The number of ether oxygens (including phenoxy) is 1. The number of esters is 1. The number of nitrogens with one attached hydrogen (secondary N) is 1. The molecule has 0 aliphatic heterocycles. The second kappa shape index (κ2) is 9.30. The van der Waals surface area contributed by atoms with Crippen LogP contribution in [0.3, 0.4) is 0 Å². The molecule has 30 heavy (non-hydrogen) atoms. The van der Waals surface area contributed by atoms with Gasteiger partial charge in [0.15, 0.2) is 0 Å². The van der Waals surface area contributed by atoms with Crippen molar-refractivity contribution in [3.05, 3.63) is 58.7 Å². The molecule has 0 radical (unpaired) electrons. The van der Waals surface area contributed by atoms with Crippen LogP contribution in [0.4, 0.5) is 11.4 Å². The first kappa shape index (κ1) is 23.4. The molecule has 0 aliphatic rings. The minimum absolute atomic E-state index is 0.241. The predicted molar refractivity (Wildman–Crippen MR) is 118 cm³/mol. The summed E-state index contributed by atoms with van der Waals surface area (Å²) in [4.78, 5) is 25.1. The van der Waals surface area contributed by atoms with Gasteiger partial charge in [-0.05, 0) is 69.5 Å². The van der Waals surface area contributed by atoms with Gasteiger partial charge in [0.05, 0.1) is 24.1 Å². The Morgan fingerprint density at radius 1 is 1.13 bits per heavy atom. The van der Waals surface area contributed by atoms with E-state index in [9.17, 15) is 18.0 Å². The van der Waals surface area contributed by atoms with Gasteiger partial charge in [-0.15, -0.1) is 0 Å². The highest BCUT2D eigenvalue weighted by Crippen LogP contribution is 2.27. The summed E-state index contributed by atoms with van der Waals surface area (Å²) in [6, 6.07) is 9.35. The average molecular weight is 433 g/mol. The molecule has 0 bridgehead atoms. The molecule has 2 aromatic rings. The zero-order valence-corrected chi connectivity index (χ0v) is 19.0. The lowest BCUT2D eigenvalue weighted by Gasteiger charge is -2.30. The van der Waals surface area contributed by atoms with Crippen LogP contribution in [0.2, 0.25) is 0 Å². The SMILES string of the molecule is CCOC(=O)c1cccc(NC(=O)[C@H](C)N(c2cc(C)ccc2C)S(C)(=O)=O)c1C. The summed E-state index contributed by atoms with van der Waals surface area (Å²) < 4.78 is 31.3. The number of anilines is 2. The lowest BCUT2D eigenvalue weighted by molar-refractivity contribution is -0.116. The van der Waals surface area contributed by atoms with Crippen molar-refractivity contribution in [2.45, 2.75) is 40.7 Å². The molecule has 0 heterocycles. The van der Waals surface area contributed by atoms with Crippen molar-refractivity contribution >= 4 is 33.3 Å². The van der Waals surface area contributed by atoms with Gasteiger partial charge < -0.3 is 10.1 Å². The smallest absolute Gasteiger partial charge is 0.338 e. The molecule has 2 aromatic carbocycles. The highest BCUT2D eigenvalue weighted by Gasteiger charge is 2.30. The van der Waals surface area contributed by atoms with Crippen molar-refractivity contribution in [3.63, 3.8) is 0 Å². The fourth-order valence-corrected chi connectivity index (χ4v) is 4.40. The van der Waals surface area contributed by atoms with Crippen LogP contribution in [-0.4, -0.2) is 39.2 Å². The van der Waals surface area contributed by atoms with Crippen molar-refractivity contribution in [1.29, 1.82) is 0 Å². The predicted octanol–water partition coefficient (Wildman–Crippen LogP) is 3.58. The monoisotopic (exact) mass is 432 g/mol. The number of carbonyl (C=O) groups excluding carboxylic acids is 2. The molecule has 162 valence electrons. The molecule has 0 spiro atoms. The van der Waals surface area contributed by atoms with Crippen LogP contribution >= 0.6 is 0 Å². The van der Waals surface area contributed by atoms with E-state index in [2.05, 4.69) is 5.32 Å². The summed E-state index contributed by atoms with van der Waals surface area (Å²) in [7, 11) is -3.73. The van der Waals surface area contributed by atoms with Crippen LogP contribution in [0.15, 0.2) is 36.4 Å². The fourth-order valence-electron chi connectivity index (χ4n) is 3.18. The zero-order chi connectivity index (χ0) is 22.6. The normalized spacial score (nSPS) is 12.2. The summed E-state index contributed by atoms with van der Waals surface area (Å²) in [5.41, 5.74) is 3.40. The third-order valence-electron chi connectivity index (χ3n) is 4.78. The second-order valence-electron chi connectivity index (χ2n) is 7.21. The van der Waals surface area contributed by atoms with Gasteiger partial charge in [0, 0.05) is 5.69 Å². The van der Waals surface area contributed by atoms with Crippen molar-refractivity contribution in [2.75, 3.05) is 22.5 Å². The maximum absolute atomic E-state index is 13.0. The Balaban J connectivity index is 2.39. The number of carbonyl (C=O) groups is 2. The molecule has 1 atom stereocenters. The van der Waals surface area contributed by atoms with Gasteiger partial charge in [-0.2, -0.15) is 0 Å². The molecule has 0 aromatic heterocycles. The average Bonchev–Trinajstić information content (AvgIpc) is 2.65. The number of sulfonamides is 1. The zero-order valence-electron chi connectivity index (χ0n) is 18.1. The van der Waals surface area contributed by atoms with E-state index >= 15 is 0 Å². The lowest BCUT2D eigenvalue weighted by atomic mass is 10.1. The van der Waals surface area contributed by atoms with E-state index in [1.807, 2.05) is 19.1 Å². The van der Waals surface area contributed by atoms with Crippen LogP contribution in [0.1, 0.15) is 40.9 Å². The molecule has 0 unspecified atom stereocenters. The summed E-state index contributed by atoms with van der Waals surface area (Å²) in [6.07, 6.45) is 1.07. The van der Waals surface area contributed by atoms with Gasteiger partial charge in [0.2, 0.25) is 15.9 Å². The molecule has 1 amide bonds. The van der Waals surface area contributed by atoms with Crippen LogP contribution in [0, 0.1) is 20.8 Å². The molecule has 1 N–H and O–H groups in total. The number of hydrogen-bond acceptors (Lipinski definition) is 5. The van der Waals surface area contributed by atoms with E-state index < -0.39 is 27.9 Å². The Morgan fingerprint density at radius 2 is 1.80 bits per heavy atom. The van der Waals surface area contributed by atoms with Crippen molar-refractivity contribution in [3.8, 4) is 0 Å². The molecule has 8 heteroatoms. The summed E-state index contributed by atoms with van der Waals surface area (Å²) in [5, 5.41) is 2.75. The van der Waals surface area contributed by atoms with Gasteiger partial charge in [0.1, 0.15) is 6.04 Å². The number of benzene rings is 2. The summed E-state index contributed by atoms with van der Waals surface area (Å²) in [6.45, 7) is 8.84. The fraction of sp³-hybridized carbons (Fsp3) is 0.364. The molecule has 0 saturated heterocycles. The number of nitrogens with zero attached hydrogens (tertiary/aromatic N) is 1. The Labute approximate surface area is 178 Å². The molecule has 0 fully saturated rings.